The molecule has 0 aromatic carbocycles. The monoisotopic (exact) mass is 462 g/mol. The molecule has 3 aliphatic rings. The van der Waals surface area contributed by atoms with Crippen LogP contribution in [0, 0.1) is 18.3 Å². The maximum absolute atomic E-state index is 12.7. The average Bonchev–Trinajstić information content (AvgIpc) is 3.52. The predicted octanol–water partition coefficient (Wildman–Crippen LogP) is 3.44. The Labute approximate surface area is 197 Å². The number of likely N-dealkylation sites (tertiary alicyclic amines) is 1. The topological polar surface area (TPSA) is 123 Å². The summed E-state index contributed by atoms with van der Waals surface area (Å²) in [5.41, 5.74) is 9.13. The summed E-state index contributed by atoms with van der Waals surface area (Å²) in [5.74, 6) is 2.25. The highest BCUT2D eigenvalue weighted by molar-refractivity contribution is 5.99. The van der Waals surface area contributed by atoms with Gasteiger partial charge in [0.25, 0.3) is 5.56 Å². The van der Waals surface area contributed by atoms with Crippen molar-refractivity contribution in [1.82, 2.24) is 24.9 Å². The van der Waals surface area contributed by atoms with Gasteiger partial charge in [0.05, 0.1) is 11.4 Å². The molecule has 178 valence electrons. The van der Waals surface area contributed by atoms with Crippen molar-refractivity contribution in [3.8, 4) is 11.5 Å². The van der Waals surface area contributed by atoms with E-state index in [4.69, 9.17) is 15.2 Å². The smallest absolute Gasteiger partial charge is 0.292 e. The number of aromatic nitrogens is 4. The van der Waals surface area contributed by atoms with Gasteiger partial charge in [-0.25, -0.2) is 5.10 Å². The van der Waals surface area contributed by atoms with Crippen LogP contribution in [0.4, 0.5) is 5.82 Å². The van der Waals surface area contributed by atoms with Crippen molar-refractivity contribution < 1.29 is 9.21 Å². The van der Waals surface area contributed by atoms with Gasteiger partial charge < -0.3 is 15.1 Å². The molecule has 3 aromatic heterocycles. The van der Waals surface area contributed by atoms with Crippen molar-refractivity contribution in [1.29, 1.82) is 0 Å². The molecule has 6 rings (SSSR count). The number of nitrogen functional groups attached to an aromatic ring is 1. The standard InChI is InChI=1S/C25H30N6O3/c1-13-16-12-25(2,3)9-6-17(16)34-21(13)20-18-19(23(32)28-27-22(18)26)29-31(20)15-7-10-30(11-8-15)24(33)14-4-5-14/h6,9,14-15H,4-5,7-8,10-12H2,1-3H3,(H2,26,27)(H,28,32). The number of hydrogen-bond donors (Lipinski definition) is 2. The van der Waals surface area contributed by atoms with Crippen LogP contribution in [-0.2, 0) is 11.2 Å². The van der Waals surface area contributed by atoms with Gasteiger partial charge in [-0.2, -0.15) is 10.2 Å². The van der Waals surface area contributed by atoms with Crippen LogP contribution in [-0.4, -0.2) is 43.9 Å². The van der Waals surface area contributed by atoms with E-state index in [1.807, 2.05) is 15.7 Å². The molecule has 4 heterocycles. The van der Waals surface area contributed by atoms with Crippen molar-refractivity contribution in [3.05, 3.63) is 33.3 Å². The van der Waals surface area contributed by atoms with Gasteiger partial charge in [-0.3, -0.25) is 14.3 Å². The summed E-state index contributed by atoms with van der Waals surface area (Å²) in [7, 11) is 0. The van der Waals surface area contributed by atoms with Crippen LogP contribution in [0.25, 0.3) is 28.4 Å². The Bertz CT molecular complexity index is 1400. The van der Waals surface area contributed by atoms with Crippen molar-refractivity contribution in [3.63, 3.8) is 0 Å². The van der Waals surface area contributed by atoms with Crippen molar-refractivity contribution in [2.45, 2.75) is 58.9 Å². The normalized spacial score (nSPS) is 20.1. The molecule has 1 aliphatic heterocycles. The summed E-state index contributed by atoms with van der Waals surface area (Å²) in [6.07, 6.45) is 8.62. The average molecular weight is 463 g/mol. The second-order valence-corrected chi connectivity index (χ2v) is 10.7. The molecule has 3 N–H and O–H groups in total. The van der Waals surface area contributed by atoms with E-state index in [9.17, 15) is 9.59 Å². The SMILES string of the molecule is Cc1c(-c2c3c(N)n[nH]c(=O)c3nn2C2CCN(C(=O)C3CC3)CC2)oc2c1CC(C)(C)C=C2. The zero-order chi connectivity index (χ0) is 23.8. The zero-order valence-corrected chi connectivity index (χ0v) is 19.9. The molecular weight excluding hydrogens is 432 g/mol. The molecule has 9 heteroatoms. The van der Waals surface area contributed by atoms with Gasteiger partial charge in [0.15, 0.2) is 17.1 Å². The van der Waals surface area contributed by atoms with E-state index >= 15 is 0 Å². The van der Waals surface area contributed by atoms with Crippen LogP contribution in [0.5, 0.6) is 0 Å². The third-order valence-electron chi connectivity index (χ3n) is 7.54. The number of fused-ring (bicyclic) bond motifs is 2. The number of H-pyrrole nitrogens is 1. The van der Waals surface area contributed by atoms with Crippen LogP contribution >= 0.6 is 0 Å². The van der Waals surface area contributed by atoms with Crippen molar-refractivity contribution in [2.75, 3.05) is 18.8 Å². The first-order valence-corrected chi connectivity index (χ1v) is 12.1. The summed E-state index contributed by atoms with van der Waals surface area (Å²) in [6.45, 7) is 7.84. The molecule has 0 bridgehead atoms. The first-order valence-electron chi connectivity index (χ1n) is 12.1. The van der Waals surface area contributed by atoms with Gasteiger partial charge in [0, 0.05) is 30.1 Å². The Morgan fingerprint density at radius 2 is 1.97 bits per heavy atom. The van der Waals surface area contributed by atoms with E-state index in [1.54, 1.807) is 0 Å². The van der Waals surface area contributed by atoms with Gasteiger partial charge in [-0.15, -0.1) is 0 Å². The number of rotatable bonds is 3. The number of aromatic amines is 1. The zero-order valence-electron chi connectivity index (χ0n) is 19.9. The van der Waals surface area contributed by atoms with Crippen LogP contribution in [0.15, 0.2) is 15.3 Å². The molecule has 1 saturated heterocycles. The fourth-order valence-corrected chi connectivity index (χ4v) is 5.42. The van der Waals surface area contributed by atoms with Gasteiger partial charge >= 0.3 is 0 Å². The van der Waals surface area contributed by atoms with E-state index in [2.05, 4.69) is 37.0 Å². The third kappa shape index (κ3) is 3.28. The lowest BCUT2D eigenvalue weighted by molar-refractivity contribution is -0.133. The highest BCUT2D eigenvalue weighted by Crippen LogP contribution is 2.43. The number of hydrogen-bond acceptors (Lipinski definition) is 6. The number of amides is 1. The van der Waals surface area contributed by atoms with E-state index in [-0.39, 0.29) is 40.2 Å². The largest absolute Gasteiger partial charge is 0.455 e. The Hall–Kier alpha value is -3.36. The first-order chi connectivity index (χ1) is 16.2. The molecule has 1 saturated carbocycles. The van der Waals surface area contributed by atoms with Crippen LogP contribution in [0.2, 0.25) is 0 Å². The second-order valence-electron chi connectivity index (χ2n) is 10.7. The Morgan fingerprint density at radius 3 is 2.68 bits per heavy atom. The fraction of sp³-hybridized carbons (Fsp3) is 0.520. The van der Waals surface area contributed by atoms with Crippen molar-refractivity contribution in [2.24, 2.45) is 11.3 Å². The molecule has 3 aromatic rings. The Kier molecular flexibility index (Phi) is 4.56. The summed E-state index contributed by atoms with van der Waals surface area (Å²) < 4.78 is 8.31. The van der Waals surface area contributed by atoms with Gasteiger partial charge in [0.2, 0.25) is 5.91 Å². The number of nitrogens with zero attached hydrogens (tertiary/aromatic N) is 4. The number of nitrogens with one attached hydrogen (secondary N) is 1. The van der Waals surface area contributed by atoms with Crippen LogP contribution < -0.4 is 11.3 Å². The van der Waals surface area contributed by atoms with Gasteiger partial charge in [0.1, 0.15) is 11.5 Å². The van der Waals surface area contributed by atoms with E-state index in [0.717, 1.165) is 43.4 Å². The summed E-state index contributed by atoms with van der Waals surface area (Å²) in [5, 5.41) is 11.7. The van der Waals surface area contributed by atoms with Gasteiger partial charge in [-0.05, 0) is 50.5 Å². The number of piperidine rings is 1. The Balaban J connectivity index is 1.46. The molecule has 0 unspecified atom stereocenters. The van der Waals surface area contributed by atoms with Gasteiger partial charge in [-0.1, -0.05) is 19.9 Å². The number of allylic oxidation sites excluding steroid dienone is 1. The lowest BCUT2D eigenvalue weighted by Gasteiger charge is -2.32. The molecule has 0 spiro atoms. The molecule has 2 fully saturated rings. The highest BCUT2D eigenvalue weighted by Gasteiger charge is 2.37. The molecule has 1 amide bonds. The van der Waals surface area contributed by atoms with E-state index in [0.29, 0.717) is 29.9 Å². The predicted molar refractivity (Wildman–Crippen MR) is 129 cm³/mol. The number of nitrogens with two attached hydrogens (primary N) is 1. The van der Waals surface area contributed by atoms with Crippen LogP contribution in [0.3, 0.4) is 0 Å². The molecular formula is C25H30N6O3. The molecule has 0 radical (unpaired) electrons. The molecule has 9 nitrogen and oxygen atoms in total. The molecule has 0 atom stereocenters. The lowest BCUT2D eigenvalue weighted by Crippen LogP contribution is -2.40. The van der Waals surface area contributed by atoms with Crippen molar-refractivity contribution >= 4 is 28.7 Å². The maximum atomic E-state index is 12.7. The Morgan fingerprint density at radius 1 is 1.24 bits per heavy atom. The second kappa shape index (κ2) is 7.32. The van der Waals surface area contributed by atoms with Crippen LogP contribution in [0.1, 0.15) is 62.5 Å². The minimum atomic E-state index is -0.374. The third-order valence-corrected chi connectivity index (χ3v) is 7.54. The minimum Gasteiger partial charge on any atom is -0.455 e. The minimum absolute atomic E-state index is 0.0259. The summed E-state index contributed by atoms with van der Waals surface area (Å²) in [6, 6.07) is 0.0259. The summed E-state index contributed by atoms with van der Waals surface area (Å²) >= 11 is 0. The first kappa shape index (κ1) is 21.2. The maximum Gasteiger partial charge on any atom is 0.292 e. The number of carbonyl (C=O) groups excluding carboxylic acids is 1. The lowest BCUT2D eigenvalue weighted by atomic mass is 9.80. The molecule has 34 heavy (non-hydrogen) atoms. The number of carbonyl (C=O) groups is 1. The fourth-order valence-electron chi connectivity index (χ4n) is 5.42. The number of furan rings is 1. The molecule has 2 aliphatic carbocycles. The summed E-state index contributed by atoms with van der Waals surface area (Å²) in [4.78, 5) is 27.2. The van der Waals surface area contributed by atoms with E-state index in [1.165, 1.54) is 5.56 Å². The number of anilines is 1. The van der Waals surface area contributed by atoms with E-state index < -0.39 is 0 Å². The quantitative estimate of drug-likeness (QED) is 0.615. The highest BCUT2D eigenvalue weighted by atomic mass is 16.3.